The predicted molar refractivity (Wildman–Crippen MR) is 55.8 cm³/mol. The van der Waals surface area contributed by atoms with Gasteiger partial charge in [0, 0.05) is 18.2 Å². The van der Waals surface area contributed by atoms with Crippen molar-refractivity contribution in [2.75, 3.05) is 0 Å². The standard InChI is InChI=1S/C10H12BrNO/c1-2-3-4-9(13)8-5-6-10(11)12-7-8/h5-7H,2-4H2,1H3. The van der Waals surface area contributed by atoms with Crippen LogP contribution in [0, 0.1) is 0 Å². The Morgan fingerprint density at radius 1 is 1.54 bits per heavy atom. The van der Waals surface area contributed by atoms with Crippen LogP contribution < -0.4 is 0 Å². The first-order valence-electron chi connectivity index (χ1n) is 4.38. The van der Waals surface area contributed by atoms with Gasteiger partial charge < -0.3 is 0 Å². The molecule has 0 aliphatic heterocycles. The fourth-order valence-electron chi connectivity index (χ4n) is 1.02. The van der Waals surface area contributed by atoms with Gasteiger partial charge in [0.25, 0.3) is 0 Å². The SMILES string of the molecule is CCCCC(=O)c1ccc(Br)nc1. The van der Waals surface area contributed by atoms with Gasteiger partial charge in [-0.05, 0) is 34.5 Å². The summed E-state index contributed by atoms with van der Waals surface area (Å²) in [4.78, 5) is 15.5. The Kier molecular flexibility index (Phi) is 4.09. The monoisotopic (exact) mass is 241 g/mol. The smallest absolute Gasteiger partial charge is 0.164 e. The summed E-state index contributed by atoms with van der Waals surface area (Å²) < 4.78 is 0.763. The number of hydrogen-bond acceptors (Lipinski definition) is 2. The lowest BCUT2D eigenvalue weighted by atomic mass is 10.1. The minimum absolute atomic E-state index is 0.182. The molecule has 2 nitrogen and oxygen atoms in total. The van der Waals surface area contributed by atoms with Crippen molar-refractivity contribution in [1.82, 2.24) is 4.98 Å². The summed E-state index contributed by atoms with van der Waals surface area (Å²) in [5.74, 6) is 0.182. The molecule has 0 saturated heterocycles. The first kappa shape index (κ1) is 10.4. The average molecular weight is 242 g/mol. The summed E-state index contributed by atoms with van der Waals surface area (Å²) in [7, 11) is 0. The molecule has 1 aromatic heterocycles. The van der Waals surface area contributed by atoms with Crippen molar-refractivity contribution in [1.29, 1.82) is 0 Å². The summed E-state index contributed by atoms with van der Waals surface area (Å²) in [6.07, 6.45) is 4.24. The van der Waals surface area contributed by atoms with Crippen molar-refractivity contribution >= 4 is 21.7 Å². The molecule has 1 aromatic rings. The minimum Gasteiger partial charge on any atom is -0.294 e. The first-order valence-corrected chi connectivity index (χ1v) is 5.18. The highest BCUT2D eigenvalue weighted by molar-refractivity contribution is 9.10. The summed E-state index contributed by atoms with van der Waals surface area (Å²) in [6, 6.07) is 3.59. The maximum absolute atomic E-state index is 11.5. The third-order valence-corrected chi connectivity index (χ3v) is 2.28. The van der Waals surface area contributed by atoms with E-state index in [0.717, 1.165) is 17.4 Å². The Hall–Kier alpha value is -0.700. The molecule has 0 fully saturated rings. The van der Waals surface area contributed by atoms with Gasteiger partial charge in [0.2, 0.25) is 0 Å². The molecule has 0 unspecified atom stereocenters. The lowest BCUT2D eigenvalue weighted by Crippen LogP contribution is -1.98. The van der Waals surface area contributed by atoms with Gasteiger partial charge in [-0.1, -0.05) is 13.3 Å². The van der Waals surface area contributed by atoms with Gasteiger partial charge >= 0.3 is 0 Å². The molecule has 3 heteroatoms. The van der Waals surface area contributed by atoms with Gasteiger partial charge in [-0.3, -0.25) is 4.79 Å². The molecule has 0 atom stereocenters. The first-order chi connectivity index (χ1) is 6.24. The summed E-state index contributed by atoms with van der Waals surface area (Å²) >= 11 is 3.22. The fourth-order valence-corrected chi connectivity index (χ4v) is 1.26. The van der Waals surface area contributed by atoms with Crippen LogP contribution in [0.15, 0.2) is 22.9 Å². The van der Waals surface area contributed by atoms with Crippen molar-refractivity contribution in [3.63, 3.8) is 0 Å². The van der Waals surface area contributed by atoms with E-state index in [9.17, 15) is 4.79 Å². The highest BCUT2D eigenvalue weighted by Gasteiger charge is 2.04. The van der Waals surface area contributed by atoms with Crippen LogP contribution in [0.2, 0.25) is 0 Å². The lowest BCUT2D eigenvalue weighted by Gasteiger charge is -1.98. The van der Waals surface area contributed by atoms with Gasteiger partial charge in [0.15, 0.2) is 5.78 Å². The van der Waals surface area contributed by atoms with E-state index in [1.54, 1.807) is 18.3 Å². The summed E-state index contributed by atoms with van der Waals surface area (Å²) in [5.41, 5.74) is 0.705. The zero-order valence-electron chi connectivity index (χ0n) is 7.59. The molecule has 0 amide bonds. The maximum Gasteiger partial charge on any atom is 0.164 e. The maximum atomic E-state index is 11.5. The number of carbonyl (C=O) groups excluding carboxylic acids is 1. The number of aromatic nitrogens is 1. The molecule has 0 aliphatic carbocycles. The number of unbranched alkanes of at least 4 members (excludes halogenated alkanes) is 1. The van der Waals surface area contributed by atoms with E-state index in [0.29, 0.717) is 12.0 Å². The molecule has 1 heterocycles. The Balaban J connectivity index is 2.61. The van der Waals surface area contributed by atoms with Crippen molar-refractivity contribution < 1.29 is 4.79 Å². The molecule has 0 aliphatic rings. The fraction of sp³-hybridized carbons (Fsp3) is 0.400. The Bertz CT molecular complexity index is 281. The van der Waals surface area contributed by atoms with E-state index in [1.165, 1.54) is 0 Å². The molecule has 0 radical (unpaired) electrons. The number of Topliss-reactive ketones (excluding diaryl/α,β-unsaturated/α-hetero) is 1. The van der Waals surface area contributed by atoms with E-state index in [-0.39, 0.29) is 5.78 Å². The van der Waals surface area contributed by atoms with Crippen molar-refractivity contribution in [3.05, 3.63) is 28.5 Å². The third-order valence-electron chi connectivity index (χ3n) is 1.81. The molecule has 13 heavy (non-hydrogen) atoms. The van der Waals surface area contributed by atoms with Gasteiger partial charge in [-0.2, -0.15) is 0 Å². The Morgan fingerprint density at radius 2 is 2.31 bits per heavy atom. The molecular formula is C10H12BrNO. The Labute approximate surface area is 86.5 Å². The third kappa shape index (κ3) is 3.27. The van der Waals surface area contributed by atoms with Crippen LogP contribution in [0.3, 0.4) is 0 Å². The number of rotatable bonds is 4. The molecule has 0 saturated carbocycles. The van der Waals surface area contributed by atoms with Crippen LogP contribution in [0.5, 0.6) is 0 Å². The minimum atomic E-state index is 0.182. The van der Waals surface area contributed by atoms with Crippen molar-refractivity contribution in [3.8, 4) is 0 Å². The molecular weight excluding hydrogens is 230 g/mol. The van der Waals surface area contributed by atoms with Crippen LogP contribution in [0.4, 0.5) is 0 Å². The van der Waals surface area contributed by atoms with E-state index in [2.05, 4.69) is 27.8 Å². The number of carbonyl (C=O) groups is 1. The lowest BCUT2D eigenvalue weighted by molar-refractivity contribution is 0.0979. The quantitative estimate of drug-likeness (QED) is 0.599. The van der Waals surface area contributed by atoms with Gasteiger partial charge in [0.05, 0.1) is 0 Å². The molecule has 0 spiro atoms. The highest BCUT2D eigenvalue weighted by Crippen LogP contribution is 2.09. The zero-order chi connectivity index (χ0) is 9.68. The molecule has 0 N–H and O–H groups in total. The summed E-state index contributed by atoms with van der Waals surface area (Å²) in [6.45, 7) is 2.08. The number of pyridine rings is 1. The van der Waals surface area contributed by atoms with Crippen LogP contribution in [-0.2, 0) is 0 Å². The average Bonchev–Trinajstić information content (AvgIpc) is 2.15. The molecule has 70 valence electrons. The van der Waals surface area contributed by atoms with Crippen molar-refractivity contribution in [2.45, 2.75) is 26.2 Å². The van der Waals surface area contributed by atoms with E-state index >= 15 is 0 Å². The number of hydrogen-bond donors (Lipinski definition) is 0. The predicted octanol–water partition coefficient (Wildman–Crippen LogP) is 3.22. The summed E-state index contributed by atoms with van der Waals surface area (Å²) in [5, 5.41) is 0. The van der Waals surface area contributed by atoms with Gasteiger partial charge in [-0.25, -0.2) is 4.98 Å². The Morgan fingerprint density at radius 3 is 2.85 bits per heavy atom. The van der Waals surface area contributed by atoms with E-state index in [1.807, 2.05) is 0 Å². The van der Waals surface area contributed by atoms with Crippen LogP contribution >= 0.6 is 15.9 Å². The van der Waals surface area contributed by atoms with Gasteiger partial charge in [-0.15, -0.1) is 0 Å². The van der Waals surface area contributed by atoms with Crippen LogP contribution in [0.1, 0.15) is 36.5 Å². The topological polar surface area (TPSA) is 30.0 Å². The van der Waals surface area contributed by atoms with E-state index in [4.69, 9.17) is 0 Å². The normalized spacial score (nSPS) is 10.0. The van der Waals surface area contributed by atoms with Crippen LogP contribution in [-0.4, -0.2) is 10.8 Å². The highest BCUT2D eigenvalue weighted by atomic mass is 79.9. The zero-order valence-corrected chi connectivity index (χ0v) is 9.17. The van der Waals surface area contributed by atoms with E-state index < -0.39 is 0 Å². The second-order valence-electron chi connectivity index (χ2n) is 2.90. The van der Waals surface area contributed by atoms with Gasteiger partial charge in [0.1, 0.15) is 4.60 Å². The second kappa shape index (κ2) is 5.12. The second-order valence-corrected chi connectivity index (χ2v) is 3.71. The van der Waals surface area contributed by atoms with Crippen molar-refractivity contribution in [2.24, 2.45) is 0 Å². The largest absolute Gasteiger partial charge is 0.294 e. The molecule has 0 aromatic carbocycles. The number of ketones is 1. The number of nitrogens with zero attached hydrogens (tertiary/aromatic N) is 1. The van der Waals surface area contributed by atoms with Crippen LogP contribution in [0.25, 0.3) is 0 Å². The number of halogens is 1. The molecule has 0 bridgehead atoms. The molecule has 1 rings (SSSR count).